The van der Waals surface area contributed by atoms with Crippen LogP contribution < -0.4 is 9.47 Å². The van der Waals surface area contributed by atoms with E-state index in [9.17, 15) is 9.90 Å². The van der Waals surface area contributed by atoms with Gasteiger partial charge >= 0.3 is 5.97 Å². The number of carbonyl (C=O) groups is 1. The molecule has 2 aromatic carbocycles. The van der Waals surface area contributed by atoms with Gasteiger partial charge in [0, 0.05) is 12.7 Å². The number of ether oxygens (including phenoxy) is 3. The molecule has 2 aromatic rings. The zero-order chi connectivity index (χ0) is 17.5. The average Bonchev–Trinajstić information content (AvgIpc) is 2.61. The molecule has 0 fully saturated rings. The second kappa shape index (κ2) is 8.04. The lowest BCUT2D eigenvalue weighted by Gasteiger charge is -2.10. The Morgan fingerprint density at radius 1 is 1.00 bits per heavy atom. The molecule has 1 N–H and O–H groups in total. The molecule has 0 bridgehead atoms. The van der Waals surface area contributed by atoms with Gasteiger partial charge in [-0.25, -0.2) is 4.79 Å². The van der Waals surface area contributed by atoms with Crippen molar-refractivity contribution in [1.29, 1.82) is 0 Å². The Morgan fingerprint density at radius 2 is 1.75 bits per heavy atom. The van der Waals surface area contributed by atoms with Gasteiger partial charge in [-0.3, -0.25) is 0 Å². The highest BCUT2D eigenvalue weighted by Crippen LogP contribution is 2.33. The van der Waals surface area contributed by atoms with Crippen molar-refractivity contribution in [3.05, 3.63) is 47.5 Å². The molecule has 5 heteroatoms. The first-order chi connectivity index (χ1) is 11.6. The molecule has 124 valence electrons. The molecule has 0 unspecified atom stereocenters. The molecule has 0 heterocycles. The number of methoxy groups -OCH3 is 3. The van der Waals surface area contributed by atoms with Crippen LogP contribution in [-0.4, -0.2) is 39.0 Å². The molecular weight excluding hydrogens is 308 g/mol. The van der Waals surface area contributed by atoms with Crippen LogP contribution in [0.4, 0.5) is 0 Å². The molecule has 0 atom stereocenters. The average molecular weight is 326 g/mol. The second-order valence-corrected chi connectivity index (χ2v) is 4.91. The van der Waals surface area contributed by atoms with Gasteiger partial charge in [0.1, 0.15) is 6.61 Å². The fraction of sp³-hybridized carbons (Fsp3) is 0.211. The van der Waals surface area contributed by atoms with Gasteiger partial charge in [0.15, 0.2) is 11.5 Å². The Morgan fingerprint density at radius 3 is 2.38 bits per heavy atom. The lowest BCUT2D eigenvalue weighted by molar-refractivity contribution is 0.0697. The Balaban J connectivity index is 2.53. The molecular formula is C19H18O5. The van der Waals surface area contributed by atoms with Crippen LogP contribution in [0.1, 0.15) is 15.9 Å². The monoisotopic (exact) mass is 326 g/mol. The van der Waals surface area contributed by atoms with Crippen LogP contribution in [0.5, 0.6) is 11.5 Å². The van der Waals surface area contributed by atoms with E-state index in [0.717, 1.165) is 11.1 Å². The summed E-state index contributed by atoms with van der Waals surface area (Å²) < 4.78 is 15.4. The Hall–Kier alpha value is -2.97. The molecule has 0 aliphatic carbocycles. The molecule has 0 aliphatic heterocycles. The smallest absolute Gasteiger partial charge is 0.335 e. The van der Waals surface area contributed by atoms with Gasteiger partial charge in [0.25, 0.3) is 0 Å². The fourth-order valence-electron chi connectivity index (χ4n) is 2.22. The molecule has 5 nitrogen and oxygen atoms in total. The third-order valence-electron chi connectivity index (χ3n) is 3.35. The Bertz CT molecular complexity index is 799. The van der Waals surface area contributed by atoms with E-state index in [-0.39, 0.29) is 12.2 Å². The zero-order valence-electron chi connectivity index (χ0n) is 13.8. The standard InChI is InChI=1S/C19H18O5/c1-22-8-4-5-13-9-15(11-16(10-13)19(20)21)14-6-7-17(23-2)18(12-14)24-3/h6-7,9-12H,8H2,1-3H3,(H,20,21). The van der Waals surface area contributed by atoms with E-state index in [1.54, 1.807) is 39.5 Å². The first-order valence-corrected chi connectivity index (χ1v) is 7.17. The summed E-state index contributed by atoms with van der Waals surface area (Å²) in [5, 5.41) is 9.32. The van der Waals surface area contributed by atoms with Gasteiger partial charge in [-0.05, 0) is 41.5 Å². The lowest BCUT2D eigenvalue weighted by Crippen LogP contribution is -1.98. The summed E-state index contributed by atoms with van der Waals surface area (Å²) in [6, 6.07) is 10.4. The second-order valence-electron chi connectivity index (χ2n) is 4.91. The molecule has 0 aliphatic rings. The molecule has 0 radical (unpaired) electrons. The van der Waals surface area contributed by atoms with Crippen molar-refractivity contribution in [3.63, 3.8) is 0 Å². The number of benzene rings is 2. The van der Waals surface area contributed by atoms with Crippen molar-refractivity contribution in [3.8, 4) is 34.5 Å². The molecule has 0 aromatic heterocycles. The van der Waals surface area contributed by atoms with Crippen LogP contribution in [0.25, 0.3) is 11.1 Å². The van der Waals surface area contributed by atoms with Gasteiger partial charge in [-0.2, -0.15) is 0 Å². The number of hydrogen-bond donors (Lipinski definition) is 1. The number of hydrogen-bond acceptors (Lipinski definition) is 4. The maximum atomic E-state index is 11.4. The van der Waals surface area contributed by atoms with Crippen LogP contribution >= 0.6 is 0 Å². The third-order valence-corrected chi connectivity index (χ3v) is 3.35. The minimum Gasteiger partial charge on any atom is -0.493 e. The molecule has 0 saturated heterocycles. The predicted molar refractivity (Wildman–Crippen MR) is 90.7 cm³/mol. The van der Waals surface area contributed by atoms with Crippen molar-refractivity contribution >= 4 is 5.97 Å². The molecule has 24 heavy (non-hydrogen) atoms. The van der Waals surface area contributed by atoms with Gasteiger partial charge in [0.05, 0.1) is 19.8 Å². The van der Waals surface area contributed by atoms with Gasteiger partial charge in [0.2, 0.25) is 0 Å². The molecule has 0 spiro atoms. The van der Waals surface area contributed by atoms with Crippen molar-refractivity contribution in [2.24, 2.45) is 0 Å². The van der Waals surface area contributed by atoms with Gasteiger partial charge in [-0.15, -0.1) is 0 Å². The Labute approximate surface area is 140 Å². The zero-order valence-corrected chi connectivity index (χ0v) is 13.8. The minimum absolute atomic E-state index is 0.170. The summed E-state index contributed by atoms with van der Waals surface area (Å²) in [5.41, 5.74) is 2.32. The number of carboxylic acids is 1. The Kier molecular flexibility index (Phi) is 5.83. The van der Waals surface area contributed by atoms with Crippen molar-refractivity contribution in [2.75, 3.05) is 27.9 Å². The normalized spacial score (nSPS) is 9.79. The first-order valence-electron chi connectivity index (χ1n) is 7.17. The van der Waals surface area contributed by atoms with Crippen molar-refractivity contribution < 1.29 is 24.1 Å². The molecule has 2 rings (SSSR count). The van der Waals surface area contributed by atoms with Crippen LogP contribution in [0.3, 0.4) is 0 Å². The maximum Gasteiger partial charge on any atom is 0.335 e. The first kappa shape index (κ1) is 17.4. The van der Waals surface area contributed by atoms with E-state index in [1.807, 2.05) is 12.1 Å². The van der Waals surface area contributed by atoms with E-state index in [4.69, 9.17) is 14.2 Å². The maximum absolute atomic E-state index is 11.4. The van der Waals surface area contributed by atoms with Gasteiger partial charge in [-0.1, -0.05) is 17.9 Å². The quantitative estimate of drug-likeness (QED) is 0.856. The molecule has 0 amide bonds. The number of rotatable bonds is 5. The summed E-state index contributed by atoms with van der Waals surface area (Å²) in [5.74, 6) is 5.91. The van der Waals surface area contributed by atoms with E-state index in [0.29, 0.717) is 17.1 Å². The topological polar surface area (TPSA) is 65.0 Å². The van der Waals surface area contributed by atoms with Crippen LogP contribution in [0.2, 0.25) is 0 Å². The third kappa shape index (κ3) is 4.06. The van der Waals surface area contributed by atoms with Crippen molar-refractivity contribution in [2.45, 2.75) is 0 Å². The summed E-state index contributed by atoms with van der Waals surface area (Å²) in [4.78, 5) is 11.4. The van der Waals surface area contributed by atoms with E-state index < -0.39 is 5.97 Å². The SMILES string of the molecule is COCC#Cc1cc(C(=O)O)cc(-c2ccc(OC)c(OC)c2)c1. The van der Waals surface area contributed by atoms with Crippen molar-refractivity contribution in [1.82, 2.24) is 0 Å². The fourth-order valence-corrected chi connectivity index (χ4v) is 2.22. The van der Waals surface area contributed by atoms with E-state index in [2.05, 4.69) is 11.8 Å². The van der Waals surface area contributed by atoms with Crippen LogP contribution in [-0.2, 0) is 4.74 Å². The highest BCUT2D eigenvalue weighted by Gasteiger charge is 2.10. The van der Waals surface area contributed by atoms with E-state index >= 15 is 0 Å². The van der Waals surface area contributed by atoms with Crippen LogP contribution in [0.15, 0.2) is 36.4 Å². The van der Waals surface area contributed by atoms with Gasteiger partial charge < -0.3 is 19.3 Å². The predicted octanol–water partition coefficient (Wildman–Crippen LogP) is 3.07. The number of aromatic carboxylic acids is 1. The summed E-state index contributed by atoms with van der Waals surface area (Å²) in [7, 11) is 4.67. The largest absolute Gasteiger partial charge is 0.493 e. The summed E-state index contributed by atoms with van der Waals surface area (Å²) >= 11 is 0. The van der Waals surface area contributed by atoms with E-state index in [1.165, 1.54) is 6.07 Å². The molecule has 0 saturated carbocycles. The number of carboxylic acid groups (broad SMARTS) is 1. The minimum atomic E-state index is -1.01. The highest BCUT2D eigenvalue weighted by molar-refractivity contribution is 5.90. The highest BCUT2D eigenvalue weighted by atomic mass is 16.5. The lowest BCUT2D eigenvalue weighted by atomic mass is 9.99. The van der Waals surface area contributed by atoms with Crippen LogP contribution in [0, 0.1) is 11.8 Å². The summed E-state index contributed by atoms with van der Waals surface area (Å²) in [6.45, 7) is 0.281. The summed E-state index contributed by atoms with van der Waals surface area (Å²) in [6.07, 6.45) is 0.